The molecule has 1 aliphatic carbocycles. The van der Waals surface area contributed by atoms with E-state index in [-0.39, 0.29) is 23.9 Å². The van der Waals surface area contributed by atoms with E-state index < -0.39 is 17.4 Å². The summed E-state index contributed by atoms with van der Waals surface area (Å²) in [6.45, 7) is 3.85. The number of aryl methyl sites for hydroxylation is 1. The lowest BCUT2D eigenvalue weighted by Gasteiger charge is -2.37. The molecule has 11 heteroatoms. The topological polar surface area (TPSA) is 166 Å². The van der Waals surface area contributed by atoms with Gasteiger partial charge in [-0.2, -0.15) is 0 Å². The molecule has 2 unspecified atom stereocenters. The normalized spacial score (nSPS) is 24.3. The SMILES string of the molecule is Cc1cc(Oc2ccccc2)ccc1C1(N)C(=O)C(N)c2c(C(=O)N[C@@H]3CCCN(C(=O)[C@@H]4CCCN4)C3)sc3c(N)ccc1c23. The molecule has 2 amide bonds. The number of hydrogen-bond donors (Lipinski definition) is 5. The van der Waals surface area contributed by atoms with Crippen LogP contribution in [0.2, 0.25) is 0 Å². The fourth-order valence-corrected chi connectivity index (χ4v) is 8.46. The lowest BCUT2D eigenvalue weighted by atomic mass is 9.69. The largest absolute Gasteiger partial charge is 0.457 e. The van der Waals surface area contributed by atoms with Crippen molar-refractivity contribution < 1.29 is 19.1 Å². The Balaban J connectivity index is 1.21. The van der Waals surface area contributed by atoms with Gasteiger partial charge in [-0.3, -0.25) is 14.4 Å². The summed E-state index contributed by atoms with van der Waals surface area (Å²) in [5, 5.41) is 7.07. The third-order valence-electron chi connectivity index (χ3n) is 9.55. The average molecular weight is 639 g/mol. The number of benzene rings is 3. The zero-order chi connectivity index (χ0) is 32.2. The minimum Gasteiger partial charge on any atom is -0.457 e. The number of hydrogen-bond acceptors (Lipinski definition) is 9. The van der Waals surface area contributed by atoms with E-state index in [9.17, 15) is 14.4 Å². The monoisotopic (exact) mass is 638 g/mol. The molecular formula is C35H38N6O4S. The number of nitrogen functional groups attached to an aromatic ring is 1. The molecular weight excluding hydrogens is 600 g/mol. The van der Waals surface area contributed by atoms with Crippen molar-refractivity contribution in [2.45, 2.75) is 56.3 Å². The summed E-state index contributed by atoms with van der Waals surface area (Å²) in [6.07, 6.45) is 3.37. The van der Waals surface area contributed by atoms with E-state index in [2.05, 4.69) is 10.6 Å². The Hall–Kier alpha value is -4.29. The van der Waals surface area contributed by atoms with Gasteiger partial charge >= 0.3 is 0 Å². The second-order valence-corrected chi connectivity index (χ2v) is 13.6. The fourth-order valence-electron chi connectivity index (χ4n) is 7.26. The minimum absolute atomic E-state index is 0.0904. The molecule has 2 aliphatic heterocycles. The highest BCUT2D eigenvalue weighted by Gasteiger charge is 2.49. The molecule has 10 nitrogen and oxygen atoms in total. The first-order valence-corrected chi connectivity index (χ1v) is 16.6. The average Bonchev–Trinajstić information content (AvgIpc) is 3.74. The number of Topliss-reactive ketones (excluding diaryl/α,β-unsaturated/α-hetero) is 1. The maximum absolute atomic E-state index is 14.3. The highest BCUT2D eigenvalue weighted by Crippen LogP contribution is 2.50. The molecule has 3 aromatic carbocycles. The van der Waals surface area contributed by atoms with E-state index >= 15 is 0 Å². The zero-order valence-corrected chi connectivity index (χ0v) is 26.5. The van der Waals surface area contributed by atoms with E-state index in [4.69, 9.17) is 21.9 Å². The van der Waals surface area contributed by atoms with Crippen LogP contribution in [0.1, 0.15) is 63.7 Å². The van der Waals surface area contributed by atoms with Crippen LogP contribution >= 0.6 is 11.3 Å². The number of ether oxygens (including phenoxy) is 1. The van der Waals surface area contributed by atoms with Crippen LogP contribution in [-0.4, -0.2) is 54.2 Å². The van der Waals surface area contributed by atoms with Crippen LogP contribution in [0.5, 0.6) is 11.5 Å². The van der Waals surface area contributed by atoms with Gasteiger partial charge < -0.3 is 37.5 Å². The van der Waals surface area contributed by atoms with Crippen LogP contribution < -0.4 is 32.6 Å². The van der Waals surface area contributed by atoms with Crippen molar-refractivity contribution in [3.63, 3.8) is 0 Å². The summed E-state index contributed by atoms with van der Waals surface area (Å²) in [5.41, 5.74) is 21.6. The van der Waals surface area contributed by atoms with Crippen molar-refractivity contribution in [2.24, 2.45) is 11.5 Å². The molecule has 2 saturated heterocycles. The van der Waals surface area contributed by atoms with E-state index in [0.717, 1.165) is 37.8 Å². The highest BCUT2D eigenvalue weighted by atomic mass is 32.1. The van der Waals surface area contributed by atoms with E-state index in [1.54, 1.807) is 18.2 Å². The van der Waals surface area contributed by atoms with E-state index in [0.29, 0.717) is 61.9 Å². The summed E-state index contributed by atoms with van der Waals surface area (Å²) in [5.74, 6) is 0.666. The summed E-state index contributed by atoms with van der Waals surface area (Å²) < 4.78 is 6.69. The number of para-hydroxylation sites is 1. The summed E-state index contributed by atoms with van der Waals surface area (Å²) >= 11 is 1.23. The number of rotatable bonds is 6. The molecule has 7 rings (SSSR count). The van der Waals surface area contributed by atoms with Crippen molar-refractivity contribution >= 4 is 44.7 Å². The van der Waals surface area contributed by atoms with Crippen molar-refractivity contribution in [1.82, 2.24) is 15.5 Å². The van der Waals surface area contributed by atoms with Crippen molar-refractivity contribution in [1.29, 1.82) is 0 Å². The van der Waals surface area contributed by atoms with Crippen LogP contribution in [0, 0.1) is 6.92 Å². The number of nitrogens with two attached hydrogens (primary N) is 3. The molecule has 3 aliphatic rings. The second kappa shape index (κ2) is 11.8. The molecule has 2 fully saturated rings. The Kier molecular flexibility index (Phi) is 7.80. The van der Waals surface area contributed by atoms with Gasteiger partial charge in [-0.05, 0) is 86.2 Å². The standard InChI is InChI=1S/C35H38N6O4S/c1-19-17-22(45-21-8-3-2-4-9-21)11-12-23(19)35(38)24-13-14-25(36)30-27(24)28(29(37)32(35)42)31(46-30)33(43)40-20-7-6-16-41(18-20)34(44)26-10-5-15-39-26/h2-4,8-9,11-14,17,20,26,29,39H,5-7,10,15-16,18,36-38H2,1H3,(H,40,43)/t20-,26+,29?,35?/m1/s1. The molecule has 0 bridgehead atoms. The molecule has 3 heterocycles. The summed E-state index contributed by atoms with van der Waals surface area (Å²) in [7, 11) is 0. The van der Waals surface area contributed by atoms with Crippen LogP contribution in [0.25, 0.3) is 10.1 Å². The van der Waals surface area contributed by atoms with Crippen LogP contribution in [0.3, 0.4) is 0 Å². The molecule has 4 aromatic rings. The Bertz CT molecular complexity index is 1850. The predicted octanol–water partition coefficient (Wildman–Crippen LogP) is 3.84. The van der Waals surface area contributed by atoms with Gasteiger partial charge in [0.25, 0.3) is 5.91 Å². The van der Waals surface area contributed by atoms with Crippen LogP contribution in [0.4, 0.5) is 5.69 Å². The molecule has 0 radical (unpaired) electrons. The molecule has 46 heavy (non-hydrogen) atoms. The fraction of sp³-hybridized carbons (Fsp3) is 0.343. The number of likely N-dealkylation sites (tertiary alicyclic amines) is 1. The maximum Gasteiger partial charge on any atom is 0.262 e. The third-order valence-corrected chi connectivity index (χ3v) is 10.8. The molecule has 0 spiro atoms. The minimum atomic E-state index is -1.57. The van der Waals surface area contributed by atoms with Gasteiger partial charge in [0.2, 0.25) is 5.91 Å². The number of piperidine rings is 1. The summed E-state index contributed by atoms with van der Waals surface area (Å²) in [4.78, 5) is 43.4. The summed E-state index contributed by atoms with van der Waals surface area (Å²) in [6, 6.07) is 16.9. The highest BCUT2D eigenvalue weighted by molar-refractivity contribution is 7.21. The predicted molar refractivity (Wildman–Crippen MR) is 179 cm³/mol. The van der Waals surface area contributed by atoms with E-state index in [1.807, 2.05) is 54.3 Å². The van der Waals surface area contributed by atoms with Gasteiger partial charge in [-0.15, -0.1) is 11.3 Å². The van der Waals surface area contributed by atoms with Gasteiger partial charge in [0.15, 0.2) is 5.78 Å². The van der Waals surface area contributed by atoms with Crippen molar-refractivity contribution in [3.05, 3.63) is 87.8 Å². The Morgan fingerprint density at radius 3 is 2.57 bits per heavy atom. The molecule has 0 saturated carbocycles. The lowest BCUT2D eigenvalue weighted by Crippen LogP contribution is -2.54. The molecule has 238 valence electrons. The number of thiophene rings is 1. The first-order chi connectivity index (χ1) is 22.2. The maximum atomic E-state index is 14.3. The van der Waals surface area contributed by atoms with Crippen LogP contribution in [-0.2, 0) is 15.1 Å². The molecule has 8 N–H and O–H groups in total. The van der Waals surface area contributed by atoms with Crippen LogP contribution in [0.15, 0.2) is 60.7 Å². The number of amides is 2. The second-order valence-electron chi connectivity index (χ2n) is 12.5. The Labute approximate surface area is 271 Å². The quantitative estimate of drug-likeness (QED) is 0.199. The Morgan fingerprint density at radius 1 is 1.04 bits per heavy atom. The first-order valence-electron chi connectivity index (χ1n) is 15.8. The van der Waals surface area contributed by atoms with E-state index in [1.165, 1.54) is 11.3 Å². The van der Waals surface area contributed by atoms with Crippen molar-refractivity contribution in [3.8, 4) is 11.5 Å². The number of carbonyl (C=O) groups excluding carboxylic acids is 3. The molecule has 4 atom stereocenters. The van der Waals surface area contributed by atoms with Gasteiger partial charge in [0, 0.05) is 35.8 Å². The molecule has 1 aromatic heterocycles. The number of nitrogens with zero attached hydrogens (tertiary/aromatic N) is 1. The number of carbonyl (C=O) groups is 3. The number of ketones is 1. The lowest BCUT2D eigenvalue weighted by molar-refractivity contribution is -0.134. The third kappa shape index (κ3) is 5.04. The van der Waals surface area contributed by atoms with Crippen molar-refractivity contribution in [2.75, 3.05) is 25.4 Å². The number of nitrogens with one attached hydrogen (secondary N) is 2. The van der Waals surface area contributed by atoms with Gasteiger partial charge in [0.05, 0.1) is 21.7 Å². The van der Waals surface area contributed by atoms with Gasteiger partial charge in [-0.25, -0.2) is 0 Å². The first kappa shape index (κ1) is 30.4. The van der Waals surface area contributed by atoms with Gasteiger partial charge in [-0.1, -0.05) is 30.3 Å². The van der Waals surface area contributed by atoms with Gasteiger partial charge in [0.1, 0.15) is 17.0 Å². The zero-order valence-electron chi connectivity index (χ0n) is 25.7. The number of anilines is 1. The smallest absolute Gasteiger partial charge is 0.262 e. The Morgan fingerprint density at radius 2 is 1.83 bits per heavy atom.